The molecule has 2 rings (SSSR count). The first kappa shape index (κ1) is 13.0. The number of rotatable bonds is 5. The summed E-state index contributed by atoms with van der Waals surface area (Å²) in [6.07, 6.45) is 0.878. The average Bonchev–Trinajstić information content (AvgIpc) is 2.79. The van der Waals surface area contributed by atoms with E-state index in [1.165, 1.54) is 6.07 Å². The Morgan fingerprint density at radius 3 is 3.00 bits per heavy atom. The molecule has 0 aliphatic heterocycles. The van der Waals surface area contributed by atoms with Crippen LogP contribution in [-0.2, 0) is 12.8 Å². The third kappa shape index (κ3) is 3.05. The minimum atomic E-state index is -0.357. The molecule has 0 radical (unpaired) electrons. The molecule has 1 aromatic heterocycles. The molecule has 0 fully saturated rings. The number of hydrogen-bond donors (Lipinski definition) is 1. The van der Waals surface area contributed by atoms with E-state index in [1.54, 1.807) is 12.1 Å². The fourth-order valence-corrected chi connectivity index (χ4v) is 1.78. The molecule has 4 nitrogen and oxygen atoms in total. The average molecular weight is 270 g/mol. The fraction of sp³-hybridized carbons (Fsp3) is 0.333. The van der Waals surface area contributed by atoms with E-state index < -0.39 is 0 Å². The van der Waals surface area contributed by atoms with Crippen molar-refractivity contribution in [1.82, 2.24) is 15.5 Å². The summed E-state index contributed by atoms with van der Waals surface area (Å²) in [6.45, 7) is 0.752. The Hall–Kier alpha value is -1.46. The summed E-state index contributed by atoms with van der Waals surface area (Å²) >= 11 is 5.93. The lowest BCUT2D eigenvalue weighted by Crippen LogP contribution is -2.10. The SMILES string of the molecule is CNCCc1nc(Cc2c(F)cccc2Cl)no1. The summed E-state index contributed by atoms with van der Waals surface area (Å²) in [5, 5.41) is 7.16. The highest BCUT2D eigenvalue weighted by molar-refractivity contribution is 6.31. The molecule has 0 aliphatic carbocycles. The van der Waals surface area contributed by atoms with E-state index in [-0.39, 0.29) is 12.2 Å². The number of benzene rings is 1. The van der Waals surface area contributed by atoms with Gasteiger partial charge in [0.25, 0.3) is 0 Å². The van der Waals surface area contributed by atoms with Crippen LogP contribution in [0.3, 0.4) is 0 Å². The predicted molar refractivity (Wildman–Crippen MR) is 66.1 cm³/mol. The van der Waals surface area contributed by atoms with E-state index in [2.05, 4.69) is 15.5 Å². The third-order valence-electron chi connectivity index (χ3n) is 2.50. The molecule has 0 saturated heterocycles. The van der Waals surface area contributed by atoms with E-state index in [4.69, 9.17) is 16.1 Å². The molecule has 2 aromatic rings. The van der Waals surface area contributed by atoms with E-state index in [9.17, 15) is 4.39 Å². The van der Waals surface area contributed by atoms with Crippen molar-refractivity contribution in [3.8, 4) is 0 Å². The molecular formula is C12H13ClFN3O. The van der Waals surface area contributed by atoms with Crippen LogP contribution in [0.4, 0.5) is 4.39 Å². The van der Waals surface area contributed by atoms with Crippen molar-refractivity contribution in [2.45, 2.75) is 12.8 Å². The van der Waals surface area contributed by atoms with Gasteiger partial charge in [-0.1, -0.05) is 22.8 Å². The van der Waals surface area contributed by atoms with Crippen molar-refractivity contribution in [2.24, 2.45) is 0 Å². The van der Waals surface area contributed by atoms with Crippen LogP contribution in [0, 0.1) is 5.82 Å². The lowest BCUT2D eigenvalue weighted by molar-refractivity contribution is 0.372. The zero-order valence-electron chi connectivity index (χ0n) is 9.91. The standard InChI is InChI=1S/C12H13ClFN3O/c1-15-6-5-12-16-11(17-18-12)7-8-9(13)3-2-4-10(8)14/h2-4,15H,5-7H2,1H3. The number of likely N-dealkylation sites (N-methyl/N-ethyl adjacent to an activating group) is 1. The lowest BCUT2D eigenvalue weighted by atomic mass is 10.1. The quantitative estimate of drug-likeness (QED) is 0.904. The van der Waals surface area contributed by atoms with Crippen LogP contribution in [0.5, 0.6) is 0 Å². The highest BCUT2D eigenvalue weighted by Crippen LogP contribution is 2.21. The van der Waals surface area contributed by atoms with Crippen LogP contribution >= 0.6 is 11.6 Å². The van der Waals surface area contributed by atoms with Crippen LogP contribution in [0.15, 0.2) is 22.7 Å². The van der Waals surface area contributed by atoms with Gasteiger partial charge in [-0.2, -0.15) is 4.98 Å². The normalized spacial score (nSPS) is 10.8. The summed E-state index contributed by atoms with van der Waals surface area (Å²) < 4.78 is 18.6. The first-order valence-corrected chi connectivity index (χ1v) is 5.97. The van der Waals surface area contributed by atoms with Gasteiger partial charge in [0, 0.05) is 30.0 Å². The fourth-order valence-electron chi connectivity index (χ4n) is 1.55. The summed E-state index contributed by atoms with van der Waals surface area (Å²) in [6, 6.07) is 4.57. The topological polar surface area (TPSA) is 51.0 Å². The van der Waals surface area contributed by atoms with Crippen molar-refractivity contribution in [3.05, 3.63) is 46.3 Å². The van der Waals surface area contributed by atoms with Crippen LogP contribution in [-0.4, -0.2) is 23.7 Å². The molecule has 1 N–H and O–H groups in total. The molecule has 6 heteroatoms. The van der Waals surface area contributed by atoms with Crippen LogP contribution < -0.4 is 5.32 Å². The summed E-state index contributed by atoms with van der Waals surface area (Å²) in [4.78, 5) is 4.18. The maximum atomic E-state index is 13.6. The van der Waals surface area contributed by atoms with Crippen molar-refractivity contribution in [3.63, 3.8) is 0 Å². The van der Waals surface area contributed by atoms with Gasteiger partial charge in [0.15, 0.2) is 5.82 Å². The highest BCUT2D eigenvalue weighted by Gasteiger charge is 2.12. The van der Waals surface area contributed by atoms with Gasteiger partial charge in [0.05, 0.1) is 0 Å². The van der Waals surface area contributed by atoms with E-state index in [1.807, 2.05) is 7.05 Å². The zero-order valence-corrected chi connectivity index (χ0v) is 10.7. The molecule has 0 saturated carbocycles. The molecule has 0 amide bonds. The Morgan fingerprint density at radius 1 is 1.44 bits per heavy atom. The molecule has 1 heterocycles. The molecule has 0 atom stereocenters. The van der Waals surface area contributed by atoms with Gasteiger partial charge in [-0.05, 0) is 19.2 Å². The minimum absolute atomic E-state index is 0.231. The predicted octanol–water partition coefficient (Wildman–Crippen LogP) is 2.21. The van der Waals surface area contributed by atoms with Gasteiger partial charge in [-0.3, -0.25) is 0 Å². The summed E-state index contributed by atoms with van der Waals surface area (Å²) in [5.74, 6) is 0.615. The molecular weight excluding hydrogens is 257 g/mol. The number of aromatic nitrogens is 2. The van der Waals surface area contributed by atoms with E-state index in [0.29, 0.717) is 28.7 Å². The monoisotopic (exact) mass is 269 g/mol. The van der Waals surface area contributed by atoms with Gasteiger partial charge < -0.3 is 9.84 Å². The Kier molecular flexibility index (Phi) is 4.28. The van der Waals surface area contributed by atoms with Crippen LogP contribution in [0.25, 0.3) is 0 Å². The highest BCUT2D eigenvalue weighted by atomic mass is 35.5. The Morgan fingerprint density at radius 2 is 2.28 bits per heavy atom. The minimum Gasteiger partial charge on any atom is -0.339 e. The van der Waals surface area contributed by atoms with Gasteiger partial charge in [-0.25, -0.2) is 4.39 Å². The number of nitrogens with one attached hydrogen (secondary N) is 1. The molecule has 18 heavy (non-hydrogen) atoms. The molecule has 1 aromatic carbocycles. The largest absolute Gasteiger partial charge is 0.339 e. The summed E-state index contributed by atoms with van der Waals surface area (Å²) in [5.41, 5.74) is 0.389. The summed E-state index contributed by atoms with van der Waals surface area (Å²) in [7, 11) is 1.84. The van der Waals surface area contributed by atoms with Crippen LogP contribution in [0.1, 0.15) is 17.3 Å². The lowest BCUT2D eigenvalue weighted by Gasteiger charge is -2.01. The maximum Gasteiger partial charge on any atom is 0.227 e. The van der Waals surface area contributed by atoms with Gasteiger partial charge in [0.2, 0.25) is 5.89 Å². The second kappa shape index (κ2) is 5.93. The molecule has 0 unspecified atom stereocenters. The van der Waals surface area contributed by atoms with Crippen molar-refractivity contribution in [1.29, 1.82) is 0 Å². The zero-order chi connectivity index (χ0) is 13.0. The molecule has 96 valence electrons. The molecule has 0 aliphatic rings. The molecule has 0 bridgehead atoms. The number of nitrogens with zero attached hydrogens (tertiary/aromatic N) is 2. The molecule has 0 spiro atoms. The first-order chi connectivity index (χ1) is 8.70. The van der Waals surface area contributed by atoms with Crippen molar-refractivity contribution in [2.75, 3.05) is 13.6 Å². The number of halogens is 2. The third-order valence-corrected chi connectivity index (χ3v) is 2.85. The Balaban J connectivity index is 2.11. The van der Waals surface area contributed by atoms with Crippen molar-refractivity contribution < 1.29 is 8.91 Å². The van der Waals surface area contributed by atoms with Gasteiger partial charge >= 0.3 is 0 Å². The van der Waals surface area contributed by atoms with Crippen molar-refractivity contribution >= 4 is 11.6 Å². The van der Waals surface area contributed by atoms with E-state index >= 15 is 0 Å². The Labute approximate surface area is 109 Å². The smallest absolute Gasteiger partial charge is 0.227 e. The van der Waals surface area contributed by atoms with Gasteiger partial charge in [0.1, 0.15) is 5.82 Å². The Bertz CT molecular complexity index is 510. The van der Waals surface area contributed by atoms with E-state index in [0.717, 1.165) is 6.54 Å². The maximum absolute atomic E-state index is 13.6. The second-order valence-corrected chi connectivity index (χ2v) is 4.24. The van der Waals surface area contributed by atoms with Crippen LogP contribution in [0.2, 0.25) is 5.02 Å². The number of hydrogen-bond acceptors (Lipinski definition) is 4. The van der Waals surface area contributed by atoms with Gasteiger partial charge in [-0.15, -0.1) is 0 Å². The second-order valence-electron chi connectivity index (χ2n) is 3.83. The first-order valence-electron chi connectivity index (χ1n) is 5.59.